The van der Waals surface area contributed by atoms with Crippen LogP contribution in [0, 0.1) is 10.1 Å². The van der Waals surface area contributed by atoms with Crippen molar-refractivity contribution in [2.24, 2.45) is 10.2 Å². The number of aromatic hydroxyl groups is 1. The third kappa shape index (κ3) is 2.59. The van der Waals surface area contributed by atoms with E-state index in [0.29, 0.717) is 11.1 Å². The minimum atomic E-state index is -0.539. The highest BCUT2D eigenvalue weighted by Gasteiger charge is 2.07. The fraction of sp³-hybridized carbons (Fsp3) is 0. The summed E-state index contributed by atoms with van der Waals surface area (Å²) in [5, 5.41) is 30.1. The maximum Gasteiger partial charge on any atom is 0.287 e. The molecule has 0 atom stereocenters. The summed E-state index contributed by atoms with van der Waals surface area (Å²) >= 11 is 0. The Morgan fingerprint density at radius 2 is 1.86 bits per heavy atom. The van der Waals surface area contributed by atoms with Crippen LogP contribution in [0.2, 0.25) is 0 Å². The summed E-state index contributed by atoms with van der Waals surface area (Å²) < 4.78 is 0. The van der Waals surface area contributed by atoms with Gasteiger partial charge in [-0.15, -0.1) is 10.2 Å². The molecule has 22 heavy (non-hydrogen) atoms. The summed E-state index contributed by atoms with van der Waals surface area (Å²) in [4.78, 5) is 13.8. The summed E-state index contributed by atoms with van der Waals surface area (Å²) in [6, 6.07) is 13.5. The van der Waals surface area contributed by atoms with Crippen LogP contribution < -0.4 is 0 Å². The first-order valence-electron chi connectivity index (χ1n) is 6.38. The Morgan fingerprint density at radius 3 is 2.59 bits per heavy atom. The molecule has 0 fully saturated rings. The van der Waals surface area contributed by atoms with Gasteiger partial charge in [0.1, 0.15) is 11.9 Å². The van der Waals surface area contributed by atoms with Crippen LogP contribution in [-0.2, 0) is 0 Å². The van der Waals surface area contributed by atoms with Crippen molar-refractivity contribution in [1.82, 2.24) is 4.98 Å². The van der Waals surface area contributed by atoms with Gasteiger partial charge >= 0.3 is 0 Å². The quantitative estimate of drug-likeness (QED) is 0.443. The Bertz CT molecular complexity index is 876. The molecule has 0 saturated heterocycles. The highest BCUT2D eigenvalue weighted by Crippen LogP contribution is 2.35. The zero-order valence-electron chi connectivity index (χ0n) is 11.2. The van der Waals surface area contributed by atoms with Crippen molar-refractivity contribution >= 4 is 28.0 Å². The lowest BCUT2D eigenvalue weighted by Crippen LogP contribution is -1.87. The van der Waals surface area contributed by atoms with Gasteiger partial charge in [0.15, 0.2) is 11.6 Å². The second-order valence-corrected chi connectivity index (χ2v) is 4.49. The fourth-order valence-corrected chi connectivity index (χ4v) is 1.97. The highest BCUT2D eigenvalue weighted by molar-refractivity contribution is 5.92. The van der Waals surface area contributed by atoms with Crippen LogP contribution in [0.1, 0.15) is 0 Å². The van der Waals surface area contributed by atoms with E-state index in [0.717, 1.165) is 11.6 Å². The number of pyridine rings is 1. The summed E-state index contributed by atoms with van der Waals surface area (Å²) in [5.41, 5.74) is 0.186. The maximum atomic E-state index is 10.5. The first kappa shape index (κ1) is 13.6. The van der Waals surface area contributed by atoms with E-state index in [9.17, 15) is 15.2 Å². The maximum absolute atomic E-state index is 10.5. The van der Waals surface area contributed by atoms with Gasteiger partial charge in [-0.2, -0.15) is 0 Å². The molecule has 1 N–H and O–H groups in total. The summed E-state index contributed by atoms with van der Waals surface area (Å²) in [6.07, 6.45) is 1.11. The number of aromatic nitrogens is 1. The van der Waals surface area contributed by atoms with E-state index in [4.69, 9.17) is 0 Å². The second kappa shape index (κ2) is 5.57. The van der Waals surface area contributed by atoms with Crippen LogP contribution >= 0.6 is 0 Å². The number of hydrogen-bond acceptors (Lipinski definition) is 6. The number of benzene rings is 2. The van der Waals surface area contributed by atoms with Crippen LogP contribution in [0.5, 0.6) is 5.75 Å². The predicted octanol–water partition coefficient (Wildman–Crippen LogP) is 4.26. The lowest BCUT2D eigenvalue weighted by molar-refractivity contribution is -0.385. The van der Waals surface area contributed by atoms with E-state index in [-0.39, 0.29) is 17.3 Å². The third-order valence-electron chi connectivity index (χ3n) is 3.08. The molecule has 3 aromatic rings. The molecule has 0 spiro atoms. The van der Waals surface area contributed by atoms with Crippen molar-refractivity contribution in [2.75, 3.05) is 0 Å². The normalized spacial score (nSPS) is 11.1. The van der Waals surface area contributed by atoms with E-state index >= 15 is 0 Å². The summed E-state index contributed by atoms with van der Waals surface area (Å²) in [5.74, 6) is 0.252. The lowest BCUT2D eigenvalue weighted by Gasteiger charge is -2.02. The average Bonchev–Trinajstić information content (AvgIpc) is 2.55. The van der Waals surface area contributed by atoms with Gasteiger partial charge in [0.2, 0.25) is 0 Å². The number of nitrogens with zero attached hydrogens (tertiary/aromatic N) is 4. The zero-order chi connectivity index (χ0) is 15.5. The van der Waals surface area contributed by atoms with Crippen LogP contribution in [0.4, 0.5) is 17.2 Å². The highest BCUT2D eigenvalue weighted by atomic mass is 16.6. The minimum absolute atomic E-state index is 0.0313. The molecule has 1 heterocycles. The van der Waals surface area contributed by atoms with Crippen molar-refractivity contribution < 1.29 is 10.0 Å². The SMILES string of the molecule is O=[N+]([O-])c1ccc(/N=N/c2ccc3ccccc3c2O)nc1. The van der Waals surface area contributed by atoms with Gasteiger partial charge in [-0.05, 0) is 17.5 Å². The molecular formula is C15H10N4O3. The summed E-state index contributed by atoms with van der Waals surface area (Å²) in [7, 11) is 0. The van der Waals surface area contributed by atoms with Gasteiger partial charge in [-0.3, -0.25) is 10.1 Å². The van der Waals surface area contributed by atoms with Gasteiger partial charge in [0.05, 0.1) is 4.92 Å². The molecule has 1 aromatic heterocycles. The molecule has 7 heteroatoms. The molecular weight excluding hydrogens is 284 g/mol. The zero-order valence-corrected chi connectivity index (χ0v) is 11.2. The molecule has 0 aliphatic heterocycles. The molecule has 108 valence electrons. The third-order valence-corrected chi connectivity index (χ3v) is 3.08. The molecule has 0 saturated carbocycles. The Kier molecular flexibility index (Phi) is 3.45. The van der Waals surface area contributed by atoms with Crippen molar-refractivity contribution in [1.29, 1.82) is 0 Å². The lowest BCUT2D eigenvalue weighted by atomic mass is 10.1. The Hall–Kier alpha value is -3.35. The number of rotatable bonds is 3. The van der Waals surface area contributed by atoms with Gasteiger partial charge in [0.25, 0.3) is 5.69 Å². The molecule has 3 rings (SSSR count). The first-order chi connectivity index (χ1) is 10.6. The number of phenols is 1. The average molecular weight is 294 g/mol. The Morgan fingerprint density at radius 1 is 1.05 bits per heavy atom. The molecule has 0 unspecified atom stereocenters. The van der Waals surface area contributed by atoms with Gasteiger partial charge in [-0.1, -0.05) is 30.3 Å². The largest absolute Gasteiger partial charge is 0.505 e. The van der Waals surface area contributed by atoms with E-state index in [1.807, 2.05) is 24.3 Å². The molecule has 0 aliphatic rings. The monoisotopic (exact) mass is 294 g/mol. The molecule has 2 aromatic carbocycles. The predicted molar refractivity (Wildman–Crippen MR) is 80.7 cm³/mol. The number of fused-ring (bicyclic) bond motifs is 1. The second-order valence-electron chi connectivity index (χ2n) is 4.49. The van der Waals surface area contributed by atoms with Gasteiger partial charge < -0.3 is 5.11 Å². The van der Waals surface area contributed by atoms with Crippen LogP contribution in [0.25, 0.3) is 10.8 Å². The molecule has 7 nitrogen and oxygen atoms in total. The van der Waals surface area contributed by atoms with Gasteiger partial charge in [-0.25, -0.2) is 4.98 Å². The number of hydrogen-bond donors (Lipinski definition) is 1. The Balaban J connectivity index is 1.92. The number of phenolic OH excluding ortho intramolecular Hbond substituents is 1. The first-order valence-corrected chi connectivity index (χ1v) is 6.38. The standard InChI is InChI=1S/C15H10N4O3/c20-15-12-4-2-1-3-10(12)5-7-13(15)17-18-14-8-6-11(9-16-14)19(21)22/h1-9,20H/b18-17+. The fourth-order valence-electron chi connectivity index (χ4n) is 1.97. The van der Waals surface area contributed by atoms with Crippen molar-refractivity contribution in [2.45, 2.75) is 0 Å². The number of nitro groups is 1. The van der Waals surface area contributed by atoms with Crippen molar-refractivity contribution in [3.63, 3.8) is 0 Å². The molecule has 0 amide bonds. The topological polar surface area (TPSA) is 101 Å². The van der Waals surface area contributed by atoms with E-state index in [2.05, 4.69) is 15.2 Å². The van der Waals surface area contributed by atoms with E-state index in [1.54, 1.807) is 12.1 Å². The summed E-state index contributed by atoms with van der Waals surface area (Å²) in [6.45, 7) is 0. The van der Waals surface area contributed by atoms with Crippen molar-refractivity contribution in [3.05, 3.63) is 64.8 Å². The van der Waals surface area contributed by atoms with E-state index in [1.165, 1.54) is 12.1 Å². The Labute approximate surface area is 124 Å². The van der Waals surface area contributed by atoms with Crippen molar-refractivity contribution in [3.8, 4) is 5.75 Å². The van der Waals surface area contributed by atoms with Crippen LogP contribution in [0.3, 0.4) is 0 Å². The van der Waals surface area contributed by atoms with Gasteiger partial charge in [0, 0.05) is 11.5 Å². The minimum Gasteiger partial charge on any atom is -0.505 e. The van der Waals surface area contributed by atoms with Crippen LogP contribution in [0.15, 0.2) is 65.0 Å². The van der Waals surface area contributed by atoms with Crippen LogP contribution in [-0.4, -0.2) is 15.0 Å². The smallest absolute Gasteiger partial charge is 0.287 e. The number of azo groups is 1. The molecule has 0 bridgehead atoms. The van der Waals surface area contributed by atoms with E-state index < -0.39 is 4.92 Å². The molecule has 0 aliphatic carbocycles. The molecule has 0 radical (unpaired) electrons.